The molecule has 1 aliphatic rings. The fraction of sp³-hybridized carbons (Fsp3) is 1.00. The van der Waals surface area contributed by atoms with Gasteiger partial charge in [-0.05, 0) is 0 Å². The lowest BCUT2D eigenvalue weighted by Gasteiger charge is -2.15. The maximum atomic E-state index is 9.99. The van der Waals surface area contributed by atoms with Gasteiger partial charge in [-0.15, -0.1) is 0 Å². The molecule has 1 saturated heterocycles. The molecule has 1 rings (SSSR count). The summed E-state index contributed by atoms with van der Waals surface area (Å²) in [5.74, 6) is 0. The number of hydrogen-bond acceptors (Lipinski definition) is 4. The Bertz CT molecular complexity index is 110. The van der Waals surface area contributed by atoms with Gasteiger partial charge in [-0.3, -0.25) is 10.1 Å². The van der Waals surface area contributed by atoms with E-state index in [2.05, 4.69) is 5.32 Å². The highest BCUT2D eigenvalue weighted by molar-refractivity contribution is 4.56. The smallest absolute Gasteiger partial charge is 0.315 e. The van der Waals surface area contributed by atoms with Gasteiger partial charge in [0, 0.05) is 6.54 Å². The molecule has 0 saturated carbocycles. The average molecular weight is 132 g/mol. The van der Waals surface area contributed by atoms with Gasteiger partial charge >= 0.3 is 6.23 Å². The molecule has 52 valence electrons. The van der Waals surface area contributed by atoms with Gasteiger partial charge in [0.25, 0.3) is 0 Å². The van der Waals surface area contributed by atoms with Crippen molar-refractivity contribution in [2.75, 3.05) is 19.7 Å². The van der Waals surface area contributed by atoms with E-state index in [4.69, 9.17) is 4.74 Å². The summed E-state index contributed by atoms with van der Waals surface area (Å²) in [5, 5.41) is 12.8. The standard InChI is InChI=1S/C4H8N2O3/c7-6(8)4-3-5-1-2-9-4/h4-5H,1-3H2. The van der Waals surface area contributed by atoms with Crippen LogP contribution in [0.15, 0.2) is 0 Å². The number of nitrogens with one attached hydrogen (secondary N) is 1. The Morgan fingerprint density at radius 1 is 1.78 bits per heavy atom. The molecule has 0 aliphatic carbocycles. The first kappa shape index (κ1) is 6.44. The summed E-state index contributed by atoms with van der Waals surface area (Å²) < 4.78 is 4.78. The summed E-state index contributed by atoms with van der Waals surface area (Å²) in [6, 6.07) is 0. The predicted molar refractivity (Wildman–Crippen MR) is 29.6 cm³/mol. The highest BCUT2D eigenvalue weighted by Gasteiger charge is 2.22. The van der Waals surface area contributed by atoms with E-state index in [0.29, 0.717) is 19.7 Å². The van der Waals surface area contributed by atoms with Gasteiger partial charge in [-0.25, -0.2) is 0 Å². The normalized spacial score (nSPS) is 27.8. The molecular formula is C4H8N2O3. The van der Waals surface area contributed by atoms with Gasteiger partial charge in [0.1, 0.15) is 0 Å². The van der Waals surface area contributed by atoms with Crippen molar-refractivity contribution in [3.8, 4) is 0 Å². The van der Waals surface area contributed by atoms with Crippen molar-refractivity contribution < 1.29 is 9.66 Å². The van der Waals surface area contributed by atoms with Crippen molar-refractivity contribution in [1.29, 1.82) is 0 Å². The Morgan fingerprint density at radius 3 is 2.89 bits per heavy atom. The van der Waals surface area contributed by atoms with E-state index in [1.807, 2.05) is 0 Å². The molecule has 0 radical (unpaired) electrons. The van der Waals surface area contributed by atoms with E-state index >= 15 is 0 Å². The molecular weight excluding hydrogens is 124 g/mol. The monoisotopic (exact) mass is 132 g/mol. The first-order valence-electron chi connectivity index (χ1n) is 2.76. The van der Waals surface area contributed by atoms with Crippen molar-refractivity contribution in [3.05, 3.63) is 10.1 Å². The maximum Gasteiger partial charge on any atom is 0.327 e. The zero-order valence-corrected chi connectivity index (χ0v) is 4.87. The summed E-state index contributed by atoms with van der Waals surface area (Å²) in [6.45, 7) is 1.48. The number of nitrogens with zero attached hydrogens (tertiary/aromatic N) is 1. The van der Waals surface area contributed by atoms with Gasteiger partial charge in [0.15, 0.2) is 0 Å². The minimum atomic E-state index is -0.834. The van der Waals surface area contributed by atoms with E-state index in [9.17, 15) is 10.1 Å². The predicted octanol–water partition coefficient (Wildman–Crippen LogP) is -0.791. The second-order valence-corrected chi connectivity index (χ2v) is 1.81. The van der Waals surface area contributed by atoms with Gasteiger partial charge < -0.3 is 10.1 Å². The molecule has 1 N–H and O–H groups in total. The topological polar surface area (TPSA) is 64.4 Å². The third-order valence-corrected chi connectivity index (χ3v) is 1.14. The molecule has 1 atom stereocenters. The summed E-state index contributed by atoms with van der Waals surface area (Å²) >= 11 is 0. The second kappa shape index (κ2) is 2.75. The maximum absolute atomic E-state index is 9.99. The molecule has 5 heteroatoms. The van der Waals surface area contributed by atoms with Crippen LogP contribution in [0.2, 0.25) is 0 Å². The van der Waals surface area contributed by atoms with Crippen molar-refractivity contribution in [3.63, 3.8) is 0 Å². The lowest BCUT2D eigenvalue weighted by atomic mass is 10.5. The van der Waals surface area contributed by atoms with Crippen LogP contribution in [-0.4, -0.2) is 30.8 Å². The minimum absolute atomic E-state index is 0.326. The SMILES string of the molecule is O=[N+]([O-])C1CNCCO1. The van der Waals surface area contributed by atoms with Crippen LogP contribution in [-0.2, 0) is 4.74 Å². The van der Waals surface area contributed by atoms with Gasteiger partial charge in [-0.2, -0.15) is 0 Å². The molecule has 0 amide bonds. The van der Waals surface area contributed by atoms with E-state index in [-0.39, 0.29) is 0 Å². The zero-order valence-electron chi connectivity index (χ0n) is 4.87. The third kappa shape index (κ3) is 1.62. The first-order valence-corrected chi connectivity index (χ1v) is 2.76. The number of morpholine rings is 1. The number of rotatable bonds is 1. The fourth-order valence-electron chi connectivity index (χ4n) is 0.687. The highest BCUT2D eigenvalue weighted by atomic mass is 16.7. The molecule has 0 aromatic rings. The van der Waals surface area contributed by atoms with E-state index < -0.39 is 11.2 Å². The van der Waals surface area contributed by atoms with Crippen LogP contribution in [0.1, 0.15) is 0 Å². The quantitative estimate of drug-likeness (QED) is 0.375. The van der Waals surface area contributed by atoms with Crippen LogP contribution in [0.25, 0.3) is 0 Å². The molecule has 0 spiro atoms. The Hall–Kier alpha value is -0.680. The van der Waals surface area contributed by atoms with Crippen molar-refractivity contribution in [2.24, 2.45) is 0 Å². The Labute approximate surface area is 52.1 Å². The summed E-state index contributed by atoms with van der Waals surface area (Å²) in [6.07, 6.45) is -0.834. The molecule has 1 aliphatic heterocycles. The lowest BCUT2D eigenvalue weighted by Crippen LogP contribution is -2.42. The molecule has 0 bridgehead atoms. The van der Waals surface area contributed by atoms with Crippen LogP contribution in [0.5, 0.6) is 0 Å². The number of nitro groups is 1. The van der Waals surface area contributed by atoms with Crippen molar-refractivity contribution in [2.45, 2.75) is 6.23 Å². The molecule has 1 unspecified atom stereocenters. The van der Waals surface area contributed by atoms with Gasteiger partial charge in [-0.1, -0.05) is 0 Å². The Morgan fingerprint density at radius 2 is 2.56 bits per heavy atom. The summed E-state index contributed by atoms with van der Waals surface area (Å²) in [7, 11) is 0. The lowest BCUT2D eigenvalue weighted by molar-refractivity contribution is -0.576. The summed E-state index contributed by atoms with van der Waals surface area (Å²) in [4.78, 5) is 9.57. The van der Waals surface area contributed by atoms with E-state index in [0.717, 1.165) is 0 Å². The van der Waals surface area contributed by atoms with Crippen molar-refractivity contribution >= 4 is 0 Å². The number of ether oxygens (including phenoxy) is 1. The summed E-state index contributed by atoms with van der Waals surface area (Å²) in [5.41, 5.74) is 0. The van der Waals surface area contributed by atoms with E-state index in [1.54, 1.807) is 0 Å². The molecule has 1 heterocycles. The van der Waals surface area contributed by atoms with Crippen LogP contribution in [0, 0.1) is 10.1 Å². The Balaban J connectivity index is 2.31. The van der Waals surface area contributed by atoms with Crippen LogP contribution >= 0.6 is 0 Å². The minimum Gasteiger partial charge on any atom is -0.315 e. The van der Waals surface area contributed by atoms with Crippen LogP contribution < -0.4 is 5.32 Å². The Kier molecular flexibility index (Phi) is 1.96. The zero-order chi connectivity index (χ0) is 6.69. The molecule has 0 aromatic carbocycles. The largest absolute Gasteiger partial charge is 0.327 e. The molecule has 1 fully saturated rings. The number of hydrogen-bond donors (Lipinski definition) is 1. The molecule has 9 heavy (non-hydrogen) atoms. The average Bonchev–Trinajstić information content (AvgIpc) is 1.90. The third-order valence-electron chi connectivity index (χ3n) is 1.14. The molecule has 0 aromatic heterocycles. The fourth-order valence-corrected chi connectivity index (χ4v) is 0.687. The molecule has 5 nitrogen and oxygen atoms in total. The van der Waals surface area contributed by atoms with Crippen LogP contribution in [0.3, 0.4) is 0 Å². The van der Waals surface area contributed by atoms with Gasteiger partial charge in [0.2, 0.25) is 0 Å². The van der Waals surface area contributed by atoms with Crippen LogP contribution in [0.4, 0.5) is 0 Å². The highest BCUT2D eigenvalue weighted by Crippen LogP contribution is 1.94. The second-order valence-electron chi connectivity index (χ2n) is 1.81. The van der Waals surface area contributed by atoms with Crippen molar-refractivity contribution in [1.82, 2.24) is 5.32 Å². The van der Waals surface area contributed by atoms with E-state index in [1.165, 1.54) is 0 Å². The van der Waals surface area contributed by atoms with Gasteiger partial charge in [0.05, 0.1) is 18.1 Å². The first-order chi connectivity index (χ1) is 4.30.